The number of hydrogen-bond donors (Lipinski definition) is 0. The average molecular weight is 1080 g/mol. The Bertz CT molecular complexity index is 1600. The Morgan fingerprint density at radius 1 is 0.421 bits per heavy atom. The predicted octanol–water partition coefficient (Wildman–Crippen LogP) is 19.0. The first-order chi connectivity index (χ1) is 37.0. The van der Waals surface area contributed by atoms with Crippen LogP contribution in [-0.2, 0) is 32.7 Å². The smallest absolute Gasteiger partial charge is 0.306 e. The van der Waals surface area contributed by atoms with Gasteiger partial charge in [0, 0.05) is 12.8 Å². The minimum absolute atomic E-state index is 0.0366. The largest absolute Gasteiger partial charge is 0.756 e. The number of allylic oxidation sites excluding steroid dienone is 16. The minimum Gasteiger partial charge on any atom is -0.756 e. The zero-order chi connectivity index (χ0) is 55.6. The number of hydrogen-bond acceptors (Lipinski definition) is 8. The van der Waals surface area contributed by atoms with Crippen LogP contribution < -0.4 is 4.89 Å². The molecule has 10 heteroatoms. The number of likely N-dealkylation sites (N-methyl/N-ethyl adjacent to an activating group) is 1. The van der Waals surface area contributed by atoms with Crippen molar-refractivity contribution >= 4 is 19.8 Å². The van der Waals surface area contributed by atoms with Crippen molar-refractivity contribution in [3.63, 3.8) is 0 Å². The van der Waals surface area contributed by atoms with Crippen LogP contribution in [0.4, 0.5) is 0 Å². The normalized spacial score (nSPS) is 13.9. The molecular formula is C66H116NO8P. The number of ether oxygens (including phenoxy) is 2. The molecular weight excluding hydrogens is 966 g/mol. The first-order valence-corrected chi connectivity index (χ1v) is 32.4. The molecule has 0 radical (unpaired) electrons. The second-order valence-corrected chi connectivity index (χ2v) is 23.1. The van der Waals surface area contributed by atoms with E-state index in [0.29, 0.717) is 17.4 Å². The second-order valence-electron chi connectivity index (χ2n) is 21.7. The van der Waals surface area contributed by atoms with Gasteiger partial charge in [-0.3, -0.25) is 14.2 Å². The Morgan fingerprint density at radius 2 is 0.750 bits per heavy atom. The zero-order valence-electron chi connectivity index (χ0n) is 49.7. The lowest BCUT2D eigenvalue weighted by Crippen LogP contribution is -2.37. The Morgan fingerprint density at radius 3 is 1.12 bits per heavy atom. The summed E-state index contributed by atoms with van der Waals surface area (Å²) in [6.07, 6.45) is 77.4. The first-order valence-electron chi connectivity index (χ1n) is 30.9. The molecule has 0 saturated heterocycles. The molecule has 0 heterocycles. The van der Waals surface area contributed by atoms with Gasteiger partial charge in [-0.15, -0.1) is 0 Å². The van der Waals surface area contributed by atoms with Gasteiger partial charge in [0.15, 0.2) is 6.10 Å². The molecule has 0 bridgehead atoms. The standard InChI is InChI=1S/C66H116NO8P/c1-6-8-10-12-14-16-18-20-22-24-26-28-30-32-33-35-36-38-40-42-44-46-48-50-52-54-56-58-65(68)72-62-64(63-74-76(70,71)73-61-60-67(3,4)5)75-66(69)59-57-55-53-51-49-47-45-43-41-39-37-34-31-29-27-25-23-21-19-17-15-13-11-9-7-2/h9,11,15,17-18,20-21,23-24,26-27,29-30,32,34,37,64H,6-8,10,12-14,16,19,22,25,28,31,33,35-36,38-63H2,1-5H3/b11-9-,17-15-,20-18-,23-21-,26-24-,29-27-,32-30-,37-34-. The molecule has 0 fully saturated rings. The summed E-state index contributed by atoms with van der Waals surface area (Å²) in [7, 11) is 1.15. The van der Waals surface area contributed by atoms with E-state index < -0.39 is 26.5 Å². The van der Waals surface area contributed by atoms with Crippen molar-refractivity contribution in [3.05, 3.63) is 97.2 Å². The SMILES string of the molecule is CC/C=C\C/C=C\C/C=C\C/C=C\C/C=C\CCCCCCCCCCCC(=O)OC(COC(=O)CCCCCCCCCCCCCC/C=C\C/C=C\C/C=C\CCCCCCC)COP(=O)([O-])OCC[N+](C)(C)C. The number of nitrogens with zero attached hydrogens (tertiary/aromatic N) is 1. The van der Waals surface area contributed by atoms with Gasteiger partial charge < -0.3 is 27.9 Å². The van der Waals surface area contributed by atoms with Gasteiger partial charge in [0.2, 0.25) is 0 Å². The maximum atomic E-state index is 12.8. The highest BCUT2D eigenvalue weighted by Crippen LogP contribution is 2.38. The monoisotopic (exact) mass is 1080 g/mol. The van der Waals surface area contributed by atoms with Crippen molar-refractivity contribution in [3.8, 4) is 0 Å². The van der Waals surface area contributed by atoms with Crippen LogP contribution in [0.3, 0.4) is 0 Å². The second kappa shape index (κ2) is 56.6. The summed E-state index contributed by atoms with van der Waals surface area (Å²) in [4.78, 5) is 38.0. The number of phosphoric ester groups is 1. The van der Waals surface area contributed by atoms with Gasteiger partial charge in [0.1, 0.15) is 19.8 Å². The van der Waals surface area contributed by atoms with E-state index in [1.807, 2.05) is 21.1 Å². The highest BCUT2D eigenvalue weighted by atomic mass is 31.2. The minimum atomic E-state index is -4.65. The van der Waals surface area contributed by atoms with Crippen molar-refractivity contribution < 1.29 is 42.1 Å². The molecule has 76 heavy (non-hydrogen) atoms. The van der Waals surface area contributed by atoms with E-state index in [2.05, 4.69) is 111 Å². The molecule has 0 amide bonds. The topological polar surface area (TPSA) is 111 Å². The molecule has 0 N–H and O–H groups in total. The summed E-state index contributed by atoms with van der Waals surface area (Å²) in [5.41, 5.74) is 0. The number of phosphoric acid groups is 1. The van der Waals surface area contributed by atoms with Gasteiger partial charge in [0.25, 0.3) is 7.82 Å². The molecule has 0 aromatic carbocycles. The zero-order valence-corrected chi connectivity index (χ0v) is 50.6. The number of rotatable bonds is 56. The fourth-order valence-corrected chi connectivity index (χ4v) is 9.07. The number of carbonyl (C=O) groups is 2. The van der Waals surface area contributed by atoms with Gasteiger partial charge in [-0.2, -0.15) is 0 Å². The maximum absolute atomic E-state index is 12.8. The van der Waals surface area contributed by atoms with Crippen molar-refractivity contribution in [2.45, 2.75) is 264 Å². The van der Waals surface area contributed by atoms with Crippen LogP contribution in [-0.4, -0.2) is 70.0 Å². The van der Waals surface area contributed by atoms with Gasteiger partial charge >= 0.3 is 11.9 Å². The summed E-state index contributed by atoms with van der Waals surface area (Å²) >= 11 is 0. The van der Waals surface area contributed by atoms with Crippen molar-refractivity contribution in [1.29, 1.82) is 0 Å². The highest BCUT2D eigenvalue weighted by Gasteiger charge is 2.22. The first kappa shape index (κ1) is 72.9. The summed E-state index contributed by atoms with van der Waals surface area (Å²) in [5, 5.41) is 0. The maximum Gasteiger partial charge on any atom is 0.306 e. The third kappa shape index (κ3) is 60.2. The molecule has 438 valence electrons. The van der Waals surface area contributed by atoms with Gasteiger partial charge in [0.05, 0.1) is 27.7 Å². The molecule has 2 atom stereocenters. The Kier molecular flexibility index (Phi) is 54.4. The molecule has 0 saturated carbocycles. The van der Waals surface area contributed by atoms with Crippen LogP contribution >= 0.6 is 7.82 Å². The molecule has 9 nitrogen and oxygen atoms in total. The molecule has 0 spiro atoms. The van der Waals surface area contributed by atoms with Crippen molar-refractivity contribution in [1.82, 2.24) is 0 Å². The Balaban J connectivity index is 4.16. The lowest BCUT2D eigenvalue weighted by atomic mass is 10.0. The quantitative estimate of drug-likeness (QED) is 0.0195. The van der Waals surface area contributed by atoms with E-state index >= 15 is 0 Å². The summed E-state index contributed by atoms with van der Waals surface area (Å²) < 4.78 is 34.2. The fraction of sp³-hybridized carbons (Fsp3) is 0.727. The number of esters is 2. The van der Waals surface area contributed by atoms with Crippen LogP contribution in [0.5, 0.6) is 0 Å². The van der Waals surface area contributed by atoms with Crippen LogP contribution in [0.25, 0.3) is 0 Å². The molecule has 0 rings (SSSR count). The molecule has 0 aliphatic rings. The van der Waals surface area contributed by atoms with E-state index in [-0.39, 0.29) is 32.0 Å². The van der Waals surface area contributed by atoms with Crippen molar-refractivity contribution in [2.75, 3.05) is 47.5 Å². The van der Waals surface area contributed by atoms with Gasteiger partial charge in [-0.1, -0.05) is 246 Å². The third-order valence-corrected chi connectivity index (χ3v) is 14.1. The van der Waals surface area contributed by atoms with E-state index in [4.69, 9.17) is 18.5 Å². The number of quaternary nitrogens is 1. The lowest BCUT2D eigenvalue weighted by molar-refractivity contribution is -0.870. The fourth-order valence-electron chi connectivity index (χ4n) is 8.34. The van der Waals surface area contributed by atoms with Crippen LogP contribution in [0.15, 0.2) is 97.2 Å². The van der Waals surface area contributed by atoms with E-state index in [1.165, 1.54) is 135 Å². The highest BCUT2D eigenvalue weighted by molar-refractivity contribution is 7.45. The van der Waals surface area contributed by atoms with Crippen molar-refractivity contribution in [2.24, 2.45) is 0 Å². The summed E-state index contributed by atoms with van der Waals surface area (Å²) in [5.74, 6) is -0.842. The van der Waals surface area contributed by atoms with Crippen LogP contribution in [0, 0.1) is 0 Å². The molecule has 2 unspecified atom stereocenters. The summed E-state index contributed by atoms with van der Waals surface area (Å²) in [6, 6.07) is 0. The van der Waals surface area contributed by atoms with Gasteiger partial charge in [-0.05, 0) is 96.3 Å². The Labute approximate surface area is 468 Å². The molecule has 0 aromatic rings. The summed E-state index contributed by atoms with van der Waals surface area (Å²) in [6.45, 7) is 4.12. The predicted molar refractivity (Wildman–Crippen MR) is 323 cm³/mol. The van der Waals surface area contributed by atoms with Gasteiger partial charge in [-0.25, -0.2) is 0 Å². The van der Waals surface area contributed by atoms with E-state index in [9.17, 15) is 19.0 Å². The molecule has 0 aliphatic carbocycles. The van der Waals surface area contributed by atoms with Crippen LogP contribution in [0.1, 0.15) is 258 Å². The molecule has 0 aliphatic heterocycles. The lowest BCUT2D eigenvalue weighted by Gasteiger charge is -2.28. The van der Waals surface area contributed by atoms with E-state index in [1.54, 1.807) is 0 Å². The van der Waals surface area contributed by atoms with E-state index in [0.717, 1.165) is 89.9 Å². The Hall–Kier alpha value is -3.07. The number of unbranched alkanes of at least 4 members (excludes halogenated alkanes) is 26. The van der Waals surface area contributed by atoms with Crippen LogP contribution in [0.2, 0.25) is 0 Å². The third-order valence-electron chi connectivity index (χ3n) is 13.1. The molecule has 0 aromatic heterocycles. The average Bonchev–Trinajstić information content (AvgIpc) is 3.38. The number of carbonyl (C=O) groups excluding carboxylic acids is 2.